The highest BCUT2D eigenvalue weighted by Crippen LogP contribution is 2.22. The Morgan fingerprint density at radius 1 is 1.16 bits per heavy atom. The molecule has 0 saturated heterocycles. The molecule has 0 spiro atoms. The Labute approximate surface area is 110 Å². The van der Waals surface area contributed by atoms with Crippen molar-refractivity contribution in [1.82, 2.24) is 0 Å². The van der Waals surface area contributed by atoms with Crippen molar-refractivity contribution < 1.29 is 18.7 Å². The average molecular weight is 260 g/mol. The van der Waals surface area contributed by atoms with Crippen LogP contribution in [0.4, 0.5) is 4.39 Å². The summed E-state index contributed by atoms with van der Waals surface area (Å²) in [5.74, 6) is -0.838. The Morgan fingerprint density at radius 3 is 2.58 bits per heavy atom. The lowest BCUT2D eigenvalue weighted by Gasteiger charge is -2.10. The van der Waals surface area contributed by atoms with E-state index < -0.39 is 11.8 Å². The van der Waals surface area contributed by atoms with Gasteiger partial charge in [-0.25, -0.2) is 9.18 Å². The number of halogens is 1. The smallest absolute Gasteiger partial charge is 0.341 e. The van der Waals surface area contributed by atoms with Crippen LogP contribution in [0.1, 0.15) is 15.9 Å². The molecule has 2 aromatic rings. The monoisotopic (exact) mass is 260 g/mol. The van der Waals surface area contributed by atoms with Crippen LogP contribution in [0.2, 0.25) is 0 Å². The van der Waals surface area contributed by atoms with Gasteiger partial charge < -0.3 is 9.47 Å². The lowest BCUT2D eigenvalue weighted by molar-refractivity contribution is 0.0595. The zero-order chi connectivity index (χ0) is 13.7. The molecule has 0 fully saturated rings. The second-order valence-electron chi connectivity index (χ2n) is 3.91. The standard InChI is InChI=1S/C15H13FO3/c1-18-15(17)13-8-7-12(16)9-14(13)19-10-11-5-3-2-4-6-11/h2-9H,10H2,1H3. The van der Waals surface area contributed by atoms with E-state index in [4.69, 9.17) is 4.74 Å². The van der Waals surface area contributed by atoms with Crippen LogP contribution < -0.4 is 4.74 Å². The lowest BCUT2D eigenvalue weighted by atomic mass is 10.2. The van der Waals surface area contributed by atoms with Crippen molar-refractivity contribution in [2.45, 2.75) is 6.61 Å². The number of methoxy groups -OCH3 is 1. The third-order valence-electron chi connectivity index (χ3n) is 2.59. The Morgan fingerprint density at radius 2 is 1.89 bits per heavy atom. The molecule has 0 unspecified atom stereocenters. The molecule has 19 heavy (non-hydrogen) atoms. The minimum atomic E-state index is -0.553. The molecule has 4 heteroatoms. The van der Waals surface area contributed by atoms with Crippen molar-refractivity contribution in [2.75, 3.05) is 7.11 Å². The molecular weight excluding hydrogens is 247 g/mol. The second kappa shape index (κ2) is 6.00. The van der Waals surface area contributed by atoms with E-state index in [0.717, 1.165) is 5.56 Å². The van der Waals surface area contributed by atoms with E-state index in [9.17, 15) is 9.18 Å². The van der Waals surface area contributed by atoms with Gasteiger partial charge >= 0.3 is 5.97 Å². The molecule has 0 aliphatic rings. The Kier molecular flexibility index (Phi) is 4.13. The first-order chi connectivity index (χ1) is 9.20. The molecule has 2 rings (SSSR count). The van der Waals surface area contributed by atoms with E-state index >= 15 is 0 Å². The zero-order valence-corrected chi connectivity index (χ0v) is 10.4. The first-order valence-corrected chi connectivity index (χ1v) is 5.75. The van der Waals surface area contributed by atoms with Crippen LogP contribution in [0, 0.1) is 5.82 Å². The number of carbonyl (C=O) groups is 1. The van der Waals surface area contributed by atoms with Crippen LogP contribution in [0.15, 0.2) is 48.5 Å². The number of carbonyl (C=O) groups excluding carboxylic acids is 1. The highest BCUT2D eigenvalue weighted by atomic mass is 19.1. The molecule has 0 heterocycles. The molecule has 0 bridgehead atoms. The van der Waals surface area contributed by atoms with Gasteiger partial charge in [0.2, 0.25) is 0 Å². The molecule has 0 saturated carbocycles. The summed E-state index contributed by atoms with van der Waals surface area (Å²) in [5, 5.41) is 0. The maximum absolute atomic E-state index is 13.2. The van der Waals surface area contributed by atoms with Crippen molar-refractivity contribution in [3.63, 3.8) is 0 Å². The third-order valence-corrected chi connectivity index (χ3v) is 2.59. The average Bonchev–Trinajstić information content (AvgIpc) is 2.45. The van der Waals surface area contributed by atoms with Gasteiger partial charge in [0.15, 0.2) is 0 Å². The number of esters is 1. The van der Waals surface area contributed by atoms with Crippen molar-refractivity contribution in [2.24, 2.45) is 0 Å². The second-order valence-corrected chi connectivity index (χ2v) is 3.91. The van der Waals surface area contributed by atoms with E-state index in [1.54, 1.807) is 0 Å². The molecule has 3 nitrogen and oxygen atoms in total. The number of ether oxygens (including phenoxy) is 2. The fourth-order valence-electron chi connectivity index (χ4n) is 1.63. The Balaban J connectivity index is 2.19. The van der Waals surface area contributed by atoms with Gasteiger partial charge in [-0.15, -0.1) is 0 Å². The zero-order valence-electron chi connectivity index (χ0n) is 10.4. The van der Waals surface area contributed by atoms with Crippen LogP contribution >= 0.6 is 0 Å². The number of hydrogen-bond acceptors (Lipinski definition) is 3. The first kappa shape index (κ1) is 13.1. The maximum atomic E-state index is 13.2. The first-order valence-electron chi connectivity index (χ1n) is 5.75. The normalized spacial score (nSPS) is 10.0. The van der Waals surface area contributed by atoms with Crippen molar-refractivity contribution in [3.05, 3.63) is 65.5 Å². The summed E-state index contributed by atoms with van der Waals surface area (Å²) in [6.07, 6.45) is 0. The largest absolute Gasteiger partial charge is 0.488 e. The van der Waals surface area contributed by atoms with Crippen molar-refractivity contribution in [1.29, 1.82) is 0 Å². The molecule has 0 aromatic heterocycles. The van der Waals surface area contributed by atoms with Crippen LogP contribution in [-0.4, -0.2) is 13.1 Å². The molecule has 98 valence electrons. The summed E-state index contributed by atoms with van der Waals surface area (Å²) < 4.78 is 23.3. The van der Waals surface area contributed by atoms with Crippen LogP contribution in [0.3, 0.4) is 0 Å². The SMILES string of the molecule is COC(=O)c1ccc(F)cc1OCc1ccccc1. The Bertz CT molecular complexity index is 567. The van der Waals surface area contributed by atoms with Gasteiger partial charge in [0.1, 0.15) is 23.7 Å². The van der Waals surface area contributed by atoms with E-state index in [-0.39, 0.29) is 17.9 Å². The Hall–Kier alpha value is -2.36. The summed E-state index contributed by atoms with van der Waals surface area (Å²) in [7, 11) is 1.27. The fourth-order valence-corrected chi connectivity index (χ4v) is 1.63. The summed E-state index contributed by atoms with van der Waals surface area (Å²) in [4.78, 5) is 11.5. The van der Waals surface area contributed by atoms with Gasteiger partial charge in [-0.05, 0) is 17.7 Å². The predicted octanol–water partition coefficient (Wildman–Crippen LogP) is 3.19. The van der Waals surface area contributed by atoms with Gasteiger partial charge in [-0.2, -0.15) is 0 Å². The maximum Gasteiger partial charge on any atom is 0.341 e. The van der Waals surface area contributed by atoms with E-state index in [0.29, 0.717) is 0 Å². The minimum absolute atomic E-state index is 0.177. The van der Waals surface area contributed by atoms with Gasteiger partial charge in [-0.1, -0.05) is 30.3 Å². The van der Waals surface area contributed by atoms with Gasteiger partial charge in [0.05, 0.1) is 7.11 Å². The summed E-state index contributed by atoms with van der Waals surface area (Å²) in [5.41, 5.74) is 1.14. The van der Waals surface area contributed by atoms with Crippen LogP contribution in [0.5, 0.6) is 5.75 Å². The fraction of sp³-hybridized carbons (Fsp3) is 0.133. The number of hydrogen-bond donors (Lipinski definition) is 0. The molecule has 0 amide bonds. The minimum Gasteiger partial charge on any atom is -0.488 e. The van der Waals surface area contributed by atoms with Crippen LogP contribution in [0.25, 0.3) is 0 Å². The van der Waals surface area contributed by atoms with Gasteiger partial charge in [-0.3, -0.25) is 0 Å². The predicted molar refractivity (Wildman–Crippen MR) is 68.5 cm³/mol. The highest BCUT2D eigenvalue weighted by Gasteiger charge is 2.14. The van der Waals surface area contributed by atoms with E-state index in [1.165, 1.54) is 25.3 Å². The van der Waals surface area contributed by atoms with Crippen LogP contribution in [-0.2, 0) is 11.3 Å². The van der Waals surface area contributed by atoms with Gasteiger partial charge in [0, 0.05) is 6.07 Å². The molecule has 0 aliphatic heterocycles. The summed E-state index contributed by atoms with van der Waals surface area (Å²) in [6.45, 7) is 0.258. The number of rotatable bonds is 4. The van der Waals surface area contributed by atoms with E-state index in [1.807, 2.05) is 30.3 Å². The molecule has 2 aromatic carbocycles. The third kappa shape index (κ3) is 3.31. The topological polar surface area (TPSA) is 35.5 Å². The van der Waals surface area contributed by atoms with Gasteiger partial charge in [0.25, 0.3) is 0 Å². The molecule has 0 N–H and O–H groups in total. The van der Waals surface area contributed by atoms with Crippen molar-refractivity contribution >= 4 is 5.97 Å². The molecule has 0 radical (unpaired) electrons. The lowest BCUT2D eigenvalue weighted by Crippen LogP contribution is -2.06. The number of benzene rings is 2. The van der Waals surface area contributed by atoms with E-state index in [2.05, 4.69) is 4.74 Å². The highest BCUT2D eigenvalue weighted by molar-refractivity contribution is 5.92. The van der Waals surface area contributed by atoms with Crippen molar-refractivity contribution in [3.8, 4) is 5.75 Å². The molecule has 0 aliphatic carbocycles. The quantitative estimate of drug-likeness (QED) is 0.792. The molecular formula is C15H13FO3. The summed E-state index contributed by atoms with van der Waals surface area (Å²) >= 11 is 0. The molecule has 0 atom stereocenters. The summed E-state index contributed by atoms with van der Waals surface area (Å²) in [6, 6.07) is 13.1.